The average molecular weight is 287 g/mol. The first kappa shape index (κ1) is 14.5. The summed E-state index contributed by atoms with van der Waals surface area (Å²) >= 11 is 0. The first-order valence-electron chi connectivity index (χ1n) is 6.28. The molecule has 0 atom stereocenters. The Morgan fingerprint density at radius 2 is 2.00 bits per heavy atom. The molecule has 1 aliphatic rings. The Labute approximate surface area is 115 Å². The van der Waals surface area contributed by atoms with E-state index in [1.165, 1.54) is 12.1 Å². The minimum atomic E-state index is -4.64. The molecule has 4 nitrogen and oxygen atoms in total. The fraction of sp³-hybridized carbons (Fsp3) is 0.462. The molecule has 0 fully saturated rings. The number of alkyl halides is 3. The van der Waals surface area contributed by atoms with Crippen LogP contribution in [0.4, 0.5) is 13.2 Å². The SMILES string of the molecule is CN1CCN=C1NCCc1ccc(OC(F)(F)F)cc1. The topological polar surface area (TPSA) is 36.9 Å². The highest BCUT2D eigenvalue weighted by Crippen LogP contribution is 2.22. The van der Waals surface area contributed by atoms with E-state index in [2.05, 4.69) is 15.0 Å². The van der Waals surface area contributed by atoms with Gasteiger partial charge in [0.05, 0.1) is 6.54 Å². The van der Waals surface area contributed by atoms with Crippen molar-refractivity contribution in [3.05, 3.63) is 29.8 Å². The lowest BCUT2D eigenvalue weighted by Crippen LogP contribution is -2.36. The molecule has 1 heterocycles. The van der Waals surface area contributed by atoms with E-state index in [0.717, 1.165) is 24.6 Å². The largest absolute Gasteiger partial charge is 0.573 e. The number of likely N-dealkylation sites (N-methyl/N-ethyl adjacent to an activating group) is 1. The van der Waals surface area contributed by atoms with Crippen LogP contribution in [-0.4, -0.2) is 43.9 Å². The van der Waals surface area contributed by atoms with E-state index in [4.69, 9.17) is 0 Å². The fourth-order valence-electron chi connectivity index (χ4n) is 1.90. The van der Waals surface area contributed by atoms with Crippen molar-refractivity contribution in [3.8, 4) is 5.75 Å². The third-order valence-electron chi connectivity index (χ3n) is 2.91. The first-order chi connectivity index (χ1) is 9.44. The molecule has 0 spiro atoms. The second-order valence-corrected chi connectivity index (χ2v) is 4.50. The zero-order valence-electron chi connectivity index (χ0n) is 11.1. The molecule has 0 saturated heterocycles. The Balaban J connectivity index is 1.79. The number of aliphatic imine (C=N–C) groups is 1. The van der Waals surface area contributed by atoms with Gasteiger partial charge < -0.3 is 15.0 Å². The quantitative estimate of drug-likeness (QED) is 0.920. The standard InChI is InChI=1S/C13H16F3N3O/c1-19-9-8-18-12(19)17-7-6-10-2-4-11(5-3-10)20-13(14,15)16/h2-5H,6-9H2,1H3,(H,17,18). The molecule has 1 aromatic carbocycles. The zero-order chi connectivity index (χ0) is 14.6. The van der Waals surface area contributed by atoms with E-state index in [1.807, 2.05) is 11.9 Å². The Hall–Kier alpha value is -1.92. The monoisotopic (exact) mass is 287 g/mol. The molecule has 1 aliphatic heterocycles. The number of benzene rings is 1. The number of guanidine groups is 1. The van der Waals surface area contributed by atoms with Gasteiger partial charge in [-0.2, -0.15) is 0 Å². The molecule has 2 rings (SSSR count). The first-order valence-corrected chi connectivity index (χ1v) is 6.28. The van der Waals surface area contributed by atoms with Crippen LogP contribution in [0, 0.1) is 0 Å². The average Bonchev–Trinajstić information content (AvgIpc) is 2.76. The summed E-state index contributed by atoms with van der Waals surface area (Å²) in [5, 5.41) is 3.20. The van der Waals surface area contributed by atoms with Crippen LogP contribution in [0.2, 0.25) is 0 Å². The maximum Gasteiger partial charge on any atom is 0.573 e. The summed E-state index contributed by atoms with van der Waals surface area (Å²) in [4.78, 5) is 6.32. The van der Waals surface area contributed by atoms with Gasteiger partial charge in [-0.25, -0.2) is 0 Å². The maximum atomic E-state index is 12.0. The van der Waals surface area contributed by atoms with Crippen molar-refractivity contribution in [3.63, 3.8) is 0 Å². The number of ether oxygens (including phenoxy) is 1. The molecular weight excluding hydrogens is 271 g/mol. The third kappa shape index (κ3) is 4.32. The van der Waals surface area contributed by atoms with Gasteiger partial charge in [0.1, 0.15) is 5.75 Å². The molecule has 0 bridgehead atoms. The van der Waals surface area contributed by atoms with Crippen LogP contribution in [0.15, 0.2) is 29.3 Å². The van der Waals surface area contributed by atoms with Gasteiger partial charge in [0.2, 0.25) is 0 Å². The Morgan fingerprint density at radius 1 is 1.30 bits per heavy atom. The highest BCUT2D eigenvalue weighted by molar-refractivity contribution is 5.81. The van der Waals surface area contributed by atoms with Gasteiger partial charge in [0.25, 0.3) is 0 Å². The number of hydrogen-bond acceptors (Lipinski definition) is 4. The second kappa shape index (κ2) is 6.02. The third-order valence-corrected chi connectivity index (χ3v) is 2.91. The Bertz CT molecular complexity index is 471. The summed E-state index contributed by atoms with van der Waals surface area (Å²) in [6.45, 7) is 2.39. The van der Waals surface area contributed by atoms with Crippen molar-refractivity contribution < 1.29 is 17.9 Å². The molecule has 7 heteroatoms. The summed E-state index contributed by atoms with van der Waals surface area (Å²) in [6, 6.07) is 5.90. The number of hydrogen-bond donors (Lipinski definition) is 1. The second-order valence-electron chi connectivity index (χ2n) is 4.50. The van der Waals surface area contributed by atoms with Crippen molar-refractivity contribution in [1.29, 1.82) is 0 Å². The maximum absolute atomic E-state index is 12.0. The van der Waals surface area contributed by atoms with Gasteiger partial charge in [0.15, 0.2) is 5.96 Å². The van der Waals surface area contributed by atoms with E-state index >= 15 is 0 Å². The molecule has 0 saturated carbocycles. The van der Waals surface area contributed by atoms with Gasteiger partial charge >= 0.3 is 6.36 Å². The van der Waals surface area contributed by atoms with Gasteiger partial charge in [-0.1, -0.05) is 12.1 Å². The van der Waals surface area contributed by atoms with Crippen molar-refractivity contribution in [2.24, 2.45) is 4.99 Å². The Kier molecular flexibility index (Phi) is 4.36. The van der Waals surface area contributed by atoms with Crippen molar-refractivity contribution in [1.82, 2.24) is 10.2 Å². The van der Waals surface area contributed by atoms with Crippen LogP contribution >= 0.6 is 0 Å². The molecule has 0 radical (unpaired) electrons. The molecule has 110 valence electrons. The van der Waals surface area contributed by atoms with Crippen LogP contribution in [0.25, 0.3) is 0 Å². The van der Waals surface area contributed by atoms with Crippen molar-refractivity contribution in [2.45, 2.75) is 12.8 Å². The van der Waals surface area contributed by atoms with Gasteiger partial charge in [-0.05, 0) is 24.1 Å². The fourth-order valence-corrected chi connectivity index (χ4v) is 1.90. The summed E-state index contributed by atoms with van der Waals surface area (Å²) in [7, 11) is 1.96. The number of rotatable bonds is 4. The smallest absolute Gasteiger partial charge is 0.406 e. The summed E-state index contributed by atoms with van der Waals surface area (Å²) in [5.41, 5.74) is 0.938. The van der Waals surface area contributed by atoms with Gasteiger partial charge in [-0.15, -0.1) is 13.2 Å². The summed E-state index contributed by atoms with van der Waals surface area (Å²) in [6.07, 6.45) is -3.94. The van der Waals surface area contributed by atoms with Crippen LogP contribution in [0.1, 0.15) is 5.56 Å². The molecule has 0 unspecified atom stereocenters. The Morgan fingerprint density at radius 3 is 2.55 bits per heavy atom. The number of nitrogens with one attached hydrogen (secondary N) is 1. The normalized spacial score (nSPS) is 15.2. The van der Waals surface area contributed by atoms with Gasteiger partial charge in [-0.3, -0.25) is 4.99 Å². The minimum Gasteiger partial charge on any atom is -0.406 e. The van der Waals surface area contributed by atoms with E-state index in [0.29, 0.717) is 13.0 Å². The predicted molar refractivity (Wildman–Crippen MR) is 69.8 cm³/mol. The summed E-state index contributed by atoms with van der Waals surface area (Å²) < 4.78 is 39.8. The van der Waals surface area contributed by atoms with E-state index in [-0.39, 0.29) is 5.75 Å². The summed E-state index contributed by atoms with van der Waals surface area (Å²) in [5.74, 6) is 0.663. The molecule has 0 aliphatic carbocycles. The number of halogens is 3. The minimum absolute atomic E-state index is 0.200. The van der Waals surface area contributed by atoms with Crippen LogP contribution in [0.3, 0.4) is 0 Å². The lowest BCUT2D eigenvalue weighted by atomic mass is 10.1. The zero-order valence-corrected chi connectivity index (χ0v) is 11.1. The molecule has 1 aromatic rings. The van der Waals surface area contributed by atoms with Crippen LogP contribution < -0.4 is 10.1 Å². The number of nitrogens with zero attached hydrogens (tertiary/aromatic N) is 2. The molecule has 0 aromatic heterocycles. The molecule has 20 heavy (non-hydrogen) atoms. The van der Waals surface area contributed by atoms with E-state index < -0.39 is 6.36 Å². The predicted octanol–water partition coefficient (Wildman–Crippen LogP) is 2.02. The van der Waals surface area contributed by atoms with Crippen LogP contribution in [-0.2, 0) is 6.42 Å². The highest BCUT2D eigenvalue weighted by atomic mass is 19.4. The molecular formula is C13H16F3N3O. The van der Waals surface area contributed by atoms with E-state index in [9.17, 15) is 13.2 Å². The van der Waals surface area contributed by atoms with Gasteiger partial charge in [0, 0.05) is 20.1 Å². The van der Waals surface area contributed by atoms with E-state index in [1.54, 1.807) is 12.1 Å². The van der Waals surface area contributed by atoms with Crippen molar-refractivity contribution in [2.75, 3.05) is 26.7 Å². The lowest BCUT2D eigenvalue weighted by Gasteiger charge is -2.15. The van der Waals surface area contributed by atoms with Crippen LogP contribution in [0.5, 0.6) is 5.75 Å². The molecule has 0 amide bonds. The highest BCUT2D eigenvalue weighted by Gasteiger charge is 2.30. The van der Waals surface area contributed by atoms with Crippen molar-refractivity contribution >= 4 is 5.96 Å². The molecule has 1 N–H and O–H groups in total. The lowest BCUT2D eigenvalue weighted by molar-refractivity contribution is -0.274.